The van der Waals surface area contributed by atoms with Crippen molar-refractivity contribution in [2.24, 2.45) is 11.3 Å². The van der Waals surface area contributed by atoms with E-state index >= 15 is 0 Å². The second-order valence-corrected chi connectivity index (χ2v) is 8.30. The number of nitrogens with zero attached hydrogens (tertiary/aromatic N) is 1. The minimum atomic E-state index is -0.394. The minimum Gasteiger partial charge on any atom is -0.311 e. The van der Waals surface area contributed by atoms with Gasteiger partial charge >= 0.3 is 0 Å². The van der Waals surface area contributed by atoms with Crippen LogP contribution in [0.1, 0.15) is 50.5 Å². The van der Waals surface area contributed by atoms with E-state index in [1.807, 2.05) is 57.7 Å². The first-order valence-corrected chi connectivity index (χ1v) is 8.67. The van der Waals surface area contributed by atoms with E-state index in [0.29, 0.717) is 6.54 Å². The fourth-order valence-electron chi connectivity index (χ4n) is 2.63. The Morgan fingerprint density at radius 3 is 2.41 bits per heavy atom. The number of hydrogen-bond donors (Lipinski definition) is 0. The van der Waals surface area contributed by atoms with Crippen molar-refractivity contribution in [1.82, 2.24) is 0 Å². The summed E-state index contributed by atoms with van der Waals surface area (Å²) in [6.45, 7) is 10.5. The number of anilines is 1. The molecule has 1 amide bonds. The number of amides is 1. The van der Waals surface area contributed by atoms with Crippen LogP contribution < -0.4 is 4.90 Å². The van der Waals surface area contributed by atoms with E-state index in [2.05, 4.69) is 15.9 Å². The van der Waals surface area contributed by atoms with Crippen LogP contribution in [0.2, 0.25) is 0 Å². The van der Waals surface area contributed by atoms with Gasteiger partial charge in [-0.3, -0.25) is 9.59 Å². The average Bonchev–Trinajstić information content (AvgIpc) is 2.86. The van der Waals surface area contributed by atoms with Crippen LogP contribution >= 0.6 is 15.9 Å². The molecule has 1 atom stereocenters. The molecule has 2 rings (SSSR count). The summed E-state index contributed by atoms with van der Waals surface area (Å²) < 4.78 is 0. The summed E-state index contributed by atoms with van der Waals surface area (Å²) in [5.41, 5.74) is 2.37. The summed E-state index contributed by atoms with van der Waals surface area (Å²) in [5, 5.41) is 0. The average molecular weight is 366 g/mol. The number of fused-ring (bicyclic) bond motifs is 1. The van der Waals surface area contributed by atoms with Gasteiger partial charge in [0, 0.05) is 23.2 Å². The topological polar surface area (TPSA) is 37.4 Å². The monoisotopic (exact) mass is 365 g/mol. The Balaban J connectivity index is 2.28. The van der Waals surface area contributed by atoms with Crippen LogP contribution in [0.15, 0.2) is 18.2 Å². The Labute approximate surface area is 141 Å². The summed E-state index contributed by atoms with van der Waals surface area (Å²) in [6.07, 6.45) is 0.812. The molecular weight excluding hydrogens is 342 g/mol. The number of Topliss-reactive ketones (excluding diaryl/α,β-unsaturated/α-hetero) is 1. The van der Waals surface area contributed by atoms with E-state index in [4.69, 9.17) is 0 Å². The maximum absolute atomic E-state index is 12.5. The van der Waals surface area contributed by atoms with Gasteiger partial charge in [0.2, 0.25) is 5.91 Å². The number of carbonyl (C=O) groups is 2. The molecule has 1 heterocycles. The predicted octanol–water partition coefficient (Wildman–Crippen LogP) is 4.22. The fraction of sp³-hybridized carbons (Fsp3) is 0.556. The highest BCUT2D eigenvalue weighted by Crippen LogP contribution is 2.33. The van der Waals surface area contributed by atoms with Crippen LogP contribution in [0.25, 0.3) is 0 Å². The van der Waals surface area contributed by atoms with Crippen LogP contribution in [0, 0.1) is 11.3 Å². The molecule has 0 aliphatic carbocycles. The second kappa shape index (κ2) is 6.15. The number of benzene rings is 1. The molecule has 3 nitrogen and oxygen atoms in total. The van der Waals surface area contributed by atoms with Crippen LogP contribution in [0.5, 0.6) is 0 Å². The van der Waals surface area contributed by atoms with Gasteiger partial charge in [0.15, 0.2) is 5.78 Å². The number of hydrogen-bond acceptors (Lipinski definition) is 2. The van der Waals surface area contributed by atoms with Crippen molar-refractivity contribution in [3.05, 3.63) is 29.3 Å². The van der Waals surface area contributed by atoms with E-state index in [1.165, 1.54) is 0 Å². The van der Waals surface area contributed by atoms with Crippen LogP contribution in [0.3, 0.4) is 0 Å². The molecule has 1 aromatic rings. The first-order valence-electron chi connectivity index (χ1n) is 7.76. The number of carbonyl (C=O) groups excluding carboxylic acids is 2. The third-order valence-corrected chi connectivity index (χ3v) is 5.46. The van der Waals surface area contributed by atoms with Gasteiger partial charge in [-0.05, 0) is 36.1 Å². The summed E-state index contributed by atoms with van der Waals surface area (Å²) in [4.78, 5) is 26.6. The van der Waals surface area contributed by atoms with E-state index in [9.17, 15) is 9.59 Å². The molecule has 120 valence electrons. The third kappa shape index (κ3) is 3.27. The molecule has 1 unspecified atom stereocenters. The van der Waals surface area contributed by atoms with Crippen LogP contribution in [0.4, 0.5) is 5.69 Å². The standard InChI is InChI=1S/C18H24BrNO2/c1-11(2)15(19)16(21)13-6-7-14-12(10-13)8-9-20(14)17(22)18(3,4)5/h6-7,10-11,15H,8-9H2,1-5H3. The number of ketones is 1. The summed E-state index contributed by atoms with van der Waals surface area (Å²) in [6, 6.07) is 5.70. The molecule has 0 saturated carbocycles. The molecule has 0 aromatic heterocycles. The highest BCUT2D eigenvalue weighted by molar-refractivity contribution is 9.10. The van der Waals surface area contributed by atoms with Gasteiger partial charge in [-0.15, -0.1) is 0 Å². The van der Waals surface area contributed by atoms with E-state index in [-0.39, 0.29) is 22.4 Å². The SMILES string of the molecule is CC(C)C(Br)C(=O)c1ccc2c(c1)CCN2C(=O)C(C)(C)C. The zero-order valence-electron chi connectivity index (χ0n) is 13.9. The Morgan fingerprint density at radius 1 is 1.23 bits per heavy atom. The fourth-order valence-corrected chi connectivity index (χ4v) is 2.90. The molecule has 1 aliphatic rings. The number of alkyl halides is 1. The van der Waals surface area contributed by atoms with Gasteiger partial charge in [-0.1, -0.05) is 50.5 Å². The van der Waals surface area contributed by atoms with Gasteiger partial charge in [0.1, 0.15) is 0 Å². The molecule has 0 fully saturated rings. The number of rotatable bonds is 3. The van der Waals surface area contributed by atoms with E-state index in [1.54, 1.807) is 0 Å². The Bertz CT molecular complexity index is 602. The van der Waals surface area contributed by atoms with E-state index in [0.717, 1.165) is 23.2 Å². The molecule has 0 bridgehead atoms. The molecule has 1 aliphatic heterocycles. The minimum absolute atomic E-state index is 0.110. The largest absolute Gasteiger partial charge is 0.311 e. The van der Waals surface area contributed by atoms with Crippen molar-refractivity contribution >= 4 is 33.3 Å². The Hall–Kier alpha value is -1.16. The Kier molecular flexibility index (Phi) is 4.81. The lowest BCUT2D eigenvalue weighted by Gasteiger charge is -2.26. The smallest absolute Gasteiger partial charge is 0.232 e. The van der Waals surface area contributed by atoms with Gasteiger partial charge in [0.25, 0.3) is 0 Å². The van der Waals surface area contributed by atoms with Gasteiger partial charge < -0.3 is 4.90 Å². The zero-order valence-corrected chi connectivity index (χ0v) is 15.5. The summed E-state index contributed by atoms with van der Waals surface area (Å²) >= 11 is 3.47. The third-order valence-electron chi connectivity index (χ3n) is 3.98. The highest BCUT2D eigenvalue weighted by Gasteiger charge is 2.33. The van der Waals surface area contributed by atoms with E-state index < -0.39 is 5.41 Å². The molecule has 1 aromatic carbocycles. The lowest BCUT2D eigenvalue weighted by molar-refractivity contribution is -0.125. The summed E-state index contributed by atoms with van der Waals surface area (Å²) in [7, 11) is 0. The van der Waals surface area contributed by atoms with Crippen molar-refractivity contribution in [1.29, 1.82) is 0 Å². The summed E-state index contributed by atoms with van der Waals surface area (Å²) in [5.74, 6) is 0.490. The van der Waals surface area contributed by atoms with Crippen LogP contribution in [-0.4, -0.2) is 23.1 Å². The molecule has 4 heteroatoms. The maximum atomic E-state index is 12.5. The first kappa shape index (κ1) is 17.2. The lowest BCUT2D eigenvalue weighted by atomic mass is 9.94. The normalized spacial score (nSPS) is 15.9. The molecule has 22 heavy (non-hydrogen) atoms. The maximum Gasteiger partial charge on any atom is 0.232 e. The highest BCUT2D eigenvalue weighted by atomic mass is 79.9. The van der Waals surface area contributed by atoms with Crippen molar-refractivity contribution in [3.63, 3.8) is 0 Å². The van der Waals surface area contributed by atoms with Gasteiger partial charge in [-0.2, -0.15) is 0 Å². The first-order chi connectivity index (χ1) is 10.1. The molecule has 0 saturated heterocycles. The quantitative estimate of drug-likeness (QED) is 0.593. The van der Waals surface area contributed by atoms with Crippen molar-refractivity contribution < 1.29 is 9.59 Å². The number of halogens is 1. The Morgan fingerprint density at radius 2 is 1.86 bits per heavy atom. The predicted molar refractivity (Wildman–Crippen MR) is 93.8 cm³/mol. The van der Waals surface area contributed by atoms with Crippen molar-refractivity contribution in [2.75, 3.05) is 11.4 Å². The molecule has 0 spiro atoms. The molecule has 0 radical (unpaired) electrons. The molecule has 0 N–H and O–H groups in total. The lowest BCUT2D eigenvalue weighted by Crippen LogP contribution is -2.38. The van der Waals surface area contributed by atoms with Gasteiger partial charge in [0.05, 0.1) is 4.83 Å². The second-order valence-electron chi connectivity index (χ2n) is 7.31. The van der Waals surface area contributed by atoms with Crippen LogP contribution in [-0.2, 0) is 11.2 Å². The van der Waals surface area contributed by atoms with Gasteiger partial charge in [-0.25, -0.2) is 0 Å². The zero-order chi connectivity index (χ0) is 16.7. The molecular formula is C18H24BrNO2. The van der Waals surface area contributed by atoms with Crippen molar-refractivity contribution in [2.45, 2.75) is 45.9 Å². The van der Waals surface area contributed by atoms with Crippen molar-refractivity contribution in [3.8, 4) is 0 Å².